The van der Waals surface area contributed by atoms with Gasteiger partial charge in [-0.15, -0.1) is 0 Å². The maximum Gasteiger partial charge on any atom is 0.107 e. The maximum absolute atomic E-state index is 10.7. The van der Waals surface area contributed by atoms with E-state index in [1.165, 1.54) is 0 Å². The molecule has 0 aliphatic carbocycles. The molecular formula is C6H12NO. The third-order valence-corrected chi connectivity index (χ3v) is 1.68. The summed E-state index contributed by atoms with van der Waals surface area (Å²) in [5.41, 5.74) is 0. The van der Waals surface area contributed by atoms with Crippen molar-refractivity contribution >= 4 is 0 Å². The van der Waals surface area contributed by atoms with Gasteiger partial charge in [-0.25, -0.2) is 5.11 Å². The van der Waals surface area contributed by atoms with E-state index in [0.29, 0.717) is 0 Å². The van der Waals surface area contributed by atoms with E-state index in [9.17, 15) is 5.11 Å². The summed E-state index contributed by atoms with van der Waals surface area (Å²) in [6.07, 6.45) is 0.559. The SMILES string of the molecule is CCN1CC[C@@H]([O])C1. The first-order valence-corrected chi connectivity index (χ1v) is 3.21. The van der Waals surface area contributed by atoms with Crippen LogP contribution in [0, 0.1) is 0 Å². The zero-order chi connectivity index (χ0) is 5.98. The van der Waals surface area contributed by atoms with Crippen LogP contribution in [-0.2, 0) is 5.11 Å². The first-order chi connectivity index (χ1) is 3.83. The summed E-state index contributed by atoms with van der Waals surface area (Å²) in [6, 6.07) is 0. The molecule has 1 heterocycles. The molecule has 0 amide bonds. The highest BCUT2D eigenvalue weighted by molar-refractivity contribution is 4.72. The largest absolute Gasteiger partial charge is 0.301 e. The fourth-order valence-corrected chi connectivity index (χ4v) is 1.08. The average Bonchev–Trinajstić information content (AvgIpc) is 2.14. The van der Waals surface area contributed by atoms with Gasteiger partial charge >= 0.3 is 0 Å². The molecule has 0 bridgehead atoms. The van der Waals surface area contributed by atoms with E-state index in [-0.39, 0.29) is 6.10 Å². The lowest BCUT2D eigenvalue weighted by Gasteiger charge is -2.08. The monoisotopic (exact) mass is 114 g/mol. The molecule has 1 saturated heterocycles. The highest BCUT2D eigenvalue weighted by Gasteiger charge is 2.18. The predicted molar refractivity (Wildman–Crippen MR) is 31.2 cm³/mol. The summed E-state index contributed by atoms with van der Waals surface area (Å²) in [4.78, 5) is 2.19. The molecule has 1 radical (unpaired) electrons. The lowest BCUT2D eigenvalue weighted by molar-refractivity contribution is 0.0958. The molecule has 0 saturated carbocycles. The van der Waals surface area contributed by atoms with Crippen molar-refractivity contribution in [2.75, 3.05) is 19.6 Å². The van der Waals surface area contributed by atoms with E-state index in [0.717, 1.165) is 26.1 Å². The van der Waals surface area contributed by atoms with Gasteiger partial charge in [0, 0.05) is 13.1 Å². The van der Waals surface area contributed by atoms with Gasteiger partial charge in [-0.1, -0.05) is 6.92 Å². The quantitative estimate of drug-likeness (QED) is 0.487. The van der Waals surface area contributed by atoms with E-state index in [4.69, 9.17) is 0 Å². The predicted octanol–water partition coefficient (Wildman–Crippen LogP) is 0.511. The number of rotatable bonds is 1. The van der Waals surface area contributed by atoms with Crippen molar-refractivity contribution in [2.45, 2.75) is 19.4 Å². The Morgan fingerprint density at radius 3 is 2.75 bits per heavy atom. The summed E-state index contributed by atoms with van der Waals surface area (Å²) < 4.78 is 0. The van der Waals surface area contributed by atoms with Gasteiger partial charge in [0.15, 0.2) is 0 Å². The van der Waals surface area contributed by atoms with Gasteiger partial charge in [-0.2, -0.15) is 0 Å². The Labute approximate surface area is 50.1 Å². The van der Waals surface area contributed by atoms with Crippen LogP contribution in [0.3, 0.4) is 0 Å². The summed E-state index contributed by atoms with van der Waals surface area (Å²) in [5.74, 6) is 0. The van der Waals surface area contributed by atoms with Crippen molar-refractivity contribution < 1.29 is 5.11 Å². The normalized spacial score (nSPS) is 31.5. The molecule has 8 heavy (non-hydrogen) atoms. The summed E-state index contributed by atoms with van der Waals surface area (Å²) in [7, 11) is 0. The maximum atomic E-state index is 10.7. The second-order valence-corrected chi connectivity index (χ2v) is 2.30. The van der Waals surface area contributed by atoms with Gasteiger partial charge in [0.05, 0.1) is 0 Å². The van der Waals surface area contributed by atoms with Crippen LogP contribution < -0.4 is 0 Å². The molecule has 0 N–H and O–H groups in total. The topological polar surface area (TPSA) is 23.1 Å². The van der Waals surface area contributed by atoms with Crippen molar-refractivity contribution in [1.29, 1.82) is 0 Å². The van der Waals surface area contributed by atoms with Crippen LogP contribution in [0.4, 0.5) is 0 Å². The van der Waals surface area contributed by atoms with E-state index >= 15 is 0 Å². The fraction of sp³-hybridized carbons (Fsp3) is 1.00. The second-order valence-electron chi connectivity index (χ2n) is 2.30. The van der Waals surface area contributed by atoms with Crippen molar-refractivity contribution in [1.82, 2.24) is 4.90 Å². The van der Waals surface area contributed by atoms with Gasteiger partial charge in [-0.3, -0.25) is 0 Å². The molecular weight excluding hydrogens is 102 g/mol. The molecule has 1 rings (SSSR count). The molecule has 0 aromatic carbocycles. The molecule has 1 atom stereocenters. The van der Waals surface area contributed by atoms with Crippen LogP contribution in [0.15, 0.2) is 0 Å². The number of hydrogen-bond acceptors (Lipinski definition) is 1. The fourth-order valence-electron chi connectivity index (χ4n) is 1.08. The molecule has 0 aromatic heterocycles. The highest BCUT2D eigenvalue weighted by Crippen LogP contribution is 2.07. The molecule has 1 fully saturated rings. The van der Waals surface area contributed by atoms with Crippen molar-refractivity contribution in [3.8, 4) is 0 Å². The van der Waals surface area contributed by atoms with Crippen molar-refractivity contribution in [3.05, 3.63) is 0 Å². The minimum absolute atomic E-state index is 0.296. The summed E-state index contributed by atoms with van der Waals surface area (Å²) in [5, 5.41) is 10.7. The Hall–Kier alpha value is -0.0800. The van der Waals surface area contributed by atoms with Crippen molar-refractivity contribution in [2.24, 2.45) is 0 Å². The van der Waals surface area contributed by atoms with E-state index in [1.54, 1.807) is 0 Å². The Morgan fingerprint density at radius 1 is 1.75 bits per heavy atom. The number of hydrogen-bond donors (Lipinski definition) is 0. The molecule has 1 aliphatic heterocycles. The molecule has 2 heteroatoms. The minimum atomic E-state index is -0.296. The van der Waals surface area contributed by atoms with Crippen molar-refractivity contribution in [3.63, 3.8) is 0 Å². The van der Waals surface area contributed by atoms with Crippen LogP contribution in [0.1, 0.15) is 13.3 Å². The summed E-state index contributed by atoms with van der Waals surface area (Å²) >= 11 is 0. The number of nitrogens with zero attached hydrogens (tertiary/aromatic N) is 1. The Balaban J connectivity index is 2.22. The van der Waals surface area contributed by atoms with Crippen LogP contribution in [0.25, 0.3) is 0 Å². The second kappa shape index (κ2) is 2.46. The van der Waals surface area contributed by atoms with Crippen LogP contribution in [0.5, 0.6) is 0 Å². The van der Waals surface area contributed by atoms with Gasteiger partial charge in [0.25, 0.3) is 0 Å². The molecule has 0 unspecified atom stereocenters. The number of likely N-dealkylation sites (tertiary alicyclic amines) is 1. The zero-order valence-electron chi connectivity index (χ0n) is 5.26. The van der Waals surface area contributed by atoms with E-state index in [1.807, 2.05) is 0 Å². The number of likely N-dealkylation sites (N-methyl/N-ethyl adjacent to an activating group) is 1. The zero-order valence-corrected chi connectivity index (χ0v) is 5.26. The average molecular weight is 114 g/mol. The smallest absolute Gasteiger partial charge is 0.107 e. The third-order valence-electron chi connectivity index (χ3n) is 1.68. The van der Waals surface area contributed by atoms with Gasteiger partial charge in [0.1, 0.15) is 6.10 Å². The first-order valence-electron chi connectivity index (χ1n) is 3.21. The third kappa shape index (κ3) is 1.20. The van der Waals surface area contributed by atoms with Gasteiger partial charge < -0.3 is 4.90 Å². The van der Waals surface area contributed by atoms with Crippen LogP contribution in [-0.4, -0.2) is 30.6 Å². The van der Waals surface area contributed by atoms with Gasteiger partial charge in [0.2, 0.25) is 0 Å². The molecule has 47 valence electrons. The molecule has 2 nitrogen and oxygen atoms in total. The molecule has 0 aromatic rings. The van der Waals surface area contributed by atoms with Gasteiger partial charge in [-0.05, 0) is 13.0 Å². The van der Waals surface area contributed by atoms with Crippen LogP contribution >= 0.6 is 0 Å². The molecule has 0 spiro atoms. The lowest BCUT2D eigenvalue weighted by atomic mass is 10.3. The van der Waals surface area contributed by atoms with Crippen LogP contribution in [0.2, 0.25) is 0 Å². The van der Waals surface area contributed by atoms with E-state index in [2.05, 4.69) is 11.8 Å². The standard InChI is InChI=1S/C6H12NO/c1-2-7-4-3-6(8)5-7/h6H,2-5H2,1H3/t6-/m1/s1. The highest BCUT2D eigenvalue weighted by atomic mass is 16.3. The van der Waals surface area contributed by atoms with E-state index < -0.39 is 0 Å². The first kappa shape index (κ1) is 6.05. The Bertz CT molecular complexity index is 74.9. The minimum Gasteiger partial charge on any atom is -0.301 e. The summed E-state index contributed by atoms with van der Waals surface area (Å²) in [6.45, 7) is 4.93. The lowest BCUT2D eigenvalue weighted by Crippen LogP contribution is -2.20. The molecule has 1 aliphatic rings. The Kier molecular flexibility index (Phi) is 1.86. The Morgan fingerprint density at radius 2 is 2.50 bits per heavy atom.